The van der Waals surface area contributed by atoms with Gasteiger partial charge in [-0.25, -0.2) is 24.4 Å². The van der Waals surface area contributed by atoms with E-state index >= 15 is 0 Å². The van der Waals surface area contributed by atoms with Gasteiger partial charge in [-0.05, 0) is 31.4 Å². The number of amides is 3. The molecule has 10 atom stereocenters. The maximum Gasteiger partial charge on any atom is 0.407 e. The number of carboxylic acid groups (broad SMARTS) is 2. The summed E-state index contributed by atoms with van der Waals surface area (Å²) in [6.07, 6.45) is -3.03. The van der Waals surface area contributed by atoms with Gasteiger partial charge in [-0.2, -0.15) is 0 Å². The average Bonchev–Trinajstić information content (AvgIpc) is 3.36. The Hall–Kier alpha value is -6.56. The van der Waals surface area contributed by atoms with Gasteiger partial charge in [-0.3, -0.25) is 14.4 Å². The molecule has 0 spiro atoms. The van der Waals surface area contributed by atoms with Crippen LogP contribution in [0.15, 0.2) is 33.7 Å². The maximum absolute atomic E-state index is 13.4. The van der Waals surface area contributed by atoms with Gasteiger partial charge in [-0.1, -0.05) is 12.8 Å². The lowest BCUT2D eigenvalue weighted by atomic mass is 9.87. The van der Waals surface area contributed by atoms with Gasteiger partial charge in [0.15, 0.2) is 30.2 Å². The molecule has 0 saturated carbocycles. The number of carbonyl (C=O) groups is 6. The van der Waals surface area contributed by atoms with Crippen LogP contribution in [0.2, 0.25) is 0 Å². The van der Waals surface area contributed by atoms with E-state index in [1.807, 2.05) is 0 Å². The van der Waals surface area contributed by atoms with Crippen LogP contribution in [0, 0.1) is 18.3 Å². The molecule has 2 aliphatic rings. The Morgan fingerprint density at radius 2 is 1.24 bits per heavy atom. The number of nitrogens with one attached hydrogen (secondary N) is 2. The minimum Gasteiger partial charge on any atom is -0.479 e. The first kappa shape index (κ1) is 65.6. The maximum atomic E-state index is 13.4. The van der Waals surface area contributed by atoms with Crippen molar-refractivity contribution in [3.05, 3.63) is 23.7 Å². The number of nitrogens with two attached hydrogens (primary N) is 4. The van der Waals surface area contributed by atoms with E-state index in [0.29, 0.717) is 32.8 Å². The second-order valence-electron chi connectivity index (χ2n) is 16.9. The van der Waals surface area contributed by atoms with Crippen LogP contribution in [0.4, 0.5) is 4.79 Å². The number of esters is 1. The van der Waals surface area contributed by atoms with Crippen molar-refractivity contribution in [3.8, 4) is 12.3 Å². The van der Waals surface area contributed by atoms with E-state index in [1.165, 1.54) is 11.0 Å². The van der Waals surface area contributed by atoms with Crippen molar-refractivity contribution in [3.63, 3.8) is 0 Å². The molecule has 0 bridgehead atoms. The number of carbonyl (C=O) groups excluding carboxylic acids is 4. The summed E-state index contributed by atoms with van der Waals surface area (Å²) in [4.78, 5) is 84.9. The number of guanidine groups is 2. The number of aliphatic hydroxyl groups is 4. The number of unbranched alkanes of at least 4 members (excludes halogenated alkanes) is 1. The number of alkyl carbamates (subject to hydrolysis) is 1. The number of terminal acetylenes is 1. The summed E-state index contributed by atoms with van der Waals surface area (Å²) >= 11 is 0. The fourth-order valence-electron chi connectivity index (χ4n) is 7.40. The Kier molecular flexibility index (Phi) is 31.4. The third-order valence-corrected chi connectivity index (χ3v) is 11.0. The van der Waals surface area contributed by atoms with Crippen molar-refractivity contribution in [1.29, 1.82) is 0 Å². The fourth-order valence-corrected chi connectivity index (χ4v) is 7.40. The van der Waals surface area contributed by atoms with E-state index in [9.17, 15) is 59.4 Å². The van der Waals surface area contributed by atoms with Gasteiger partial charge >= 0.3 is 24.0 Å². The van der Waals surface area contributed by atoms with Crippen molar-refractivity contribution in [1.82, 2.24) is 15.5 Å². The highest BCUT2D eigenvalue weighted by Crippen LogP contribution is 2.31. The average molecular weight is 1090 g/mol. The largest absolute Gasteiger partial charge is 0.479 e. The topological polar surface area (TPSA) is 463 Å². The number of ether oxygens (including phenoxy) is 9. The van der Waals surface area contributed by atoms with Crippen molar-refractivity contribution in [2.24, 2.45) is 38.8 Å². The van der Waals surface area contributed by atoms with Gasteiger partial charge in [-0.15, -0.1) is 6.42 Å². The standard InChI is InChI=1S/C46H75N9O21/c1-4-13-68-17-19-71-21-22-72-20-18-70-15-9-35(61)55(12-16-69-14-7-8-36(62)75-39(31(59)25-56)38-27(2)29(53-44(47)48)23-33(73-38)42(63)64)11-6-5-10-51-46(67)76-40(32(60)26-57)41-37(52-28(3)58)30(54-45(49)50)24-34(74-41)43(65)66/h1,23-24,27,29-32,37-41,56-57,59-60H,5-22,25-26H2,2-3H3,(H,51,67)(H,52,58)(H,63,64)(H,65,66)(H4,47,48,53)(H4,49,50,54)/t27-,29+,30+,31-,32-,37-,38-,39-,40-,41-/m1/s1. The smallest absolute Gasteiger partial charge is 0.407 e. The lowest BCUT2D eigenvalue weighted by Crippen LogP contribution is -2.61. The first-order valence-electron chi connectivity index (χ1n) is 24.2. The Labute approximate surface area is 439 Å². The van der Waals surface area contributed by atoms with Crippen LogP contribution in [0.5, 0.6) is 0 Å². The SMILES string of the molecule is C#CCOCCOCCOCCOCCC(=O)N(CCCCNC(=O)O[C@@H]([C@@H]1OC(C(=O)O)=C[C@H](N=C(N)N)[C@H]1NC(C)=O)[C@H](O)CO)CCOCCCC(=O)O[C@@H]([C@@H]1OC(C(=O)O)=C[C@H](N=C(N)N)[C@H]1C)[C@H](O)CO. The van der Waals surface area contributed by atoms with Crippen LogP contribution in [-0.4, -0.2) is 237 Å². The van der Waals surface area contributed by atoms with Crippen LogP contribution in [0.3, 0.4) is 0 Å². The molecule has 2 aliphatic heterocycles. The quantitative estimate of drug-likeness (QED) is 0.00909. The van der Waals surface area contributed by atoms with Gasteiger partial charge in [0.25, 0.3) is 0 Å². The van der Waals surface area contributed by atoms with Crippen LogP contribution in [0.25, 0.3) is 0 Å². The molecule has 430 valence electrons. The monoisotopic (exact) mass is 1090 g/mol. The normalized spacial score (nSPS) is 20.5. The summed E-state index contributed by atoms with van der Waals surface area (Å²) in [5.74, 6) is -5.22. The second kappa shape index (κ2) is 36.4. The summed E-state index contributed by atoms with van der Waals surface area (Å²) in [5.41, 5.74) is 22.1. The molecule has 30 nitrogen and oxygen atoms in total. The first-order chi connectivity index (χ1) is 36.2. The Morgan fingerprint density at radius 3 is 1.79 bits per heavy atom. The molecule has 3 amide bonds. The molecular formula is C46H75N9O21. The van der Waals surface area contributed by atoms with E-state index in [-0.39, 0.29) is 96.8 Å². The molecule has 0 saturated heterocycles. The Morgan fingerprint density at radius 1 is 0.711 bits per heavy atom. The minimum atomic E-state index is -1.84. The number of nitrogens with zero attached hydrogens (tertiary/aromatic N) is 3. The molecule has 16 N–H and O–H groups in total. The number of hydrogen-bond donors (Lipinski definition) is 12. The summed E-state index contributed by atoms with van der Waals surface area (Å²) in [6.45, 7) is 3.21. The predicted octanol–water partition coefficient (Wildman–Crippen LogP) is -4.65. The van der Waals surface area contributed by atoms with Gasteiger partial charge in [0.2, 0.25) is 23.3 Å². The van der Waals surface area contributed by atoms with Crippen molar-refractivity contribution in [2.45, 2.75) is 101 Å². The van der Waals surface area contributed by atoms with Gasteiger partial charge < -0.3 is 112 Å². The lowest BCUT2D eigenvalue weighted by Gasteiger charge is -2.39. The van der Waals surface area contributed by atoms with Crippen molar-refractivity contribution < 1.29 is 102 Å². The number of carboxylic acids is 2. The molecule has 2 rings (SSSR count). The Bertz CT molecular complexity index is 2000. The zero-order chi connectivity index (χ0) is 56.6. The second-order valence-corrected chi connectivity index (χ2v) is 16.9. The highest BCUT2D eigenvalue weighted by atomic mass is 16.6. The van der Waals surface area contributed by atoms with Crippen LogP contribution >= 0.6 is 0 Å². The zero-order valence-electron chi connectivity index (χ0n) is 42.6. The summed E-state index contributed by atoms with van der Waals surface area (Å²) in [5, 5.41) is 65.2. The van der Waals surface area contributed by atoms with Gasteiger partial charge in [0, 0.05) is 45.5 Å². The molecule has 0 aromatic carbocycles. The molecule has 30 heteroatoms. The zero-order valence-corrected chi connectivity index (χ0v) is 42.6. The fraction of sp³-hybridized carbons (Fsp3) is 0.696. The summed E-state index contributed by atoms with van der Waals surface area (Å²) < 4.78 is 49.3. The van der Waals surface area contributed by atoms with Crippen LogP contribution in [-0.2, 0) is 66.6 Å². The van der Waals surface area contributed by atoms with E-state index in [1.54, 1.807) is 6.92 Å². The highest BCUT2D eigenvalue weighted by molar-refractivity contribution is 5.86. The van der Waals surface area contributed by atoms with E-state index in [4.69, 9.17) is 72.0 Å². The third-order valence-electron chi connectivity index (χ3n) is 11.0. The van der Waals surface area contributed by atoms with Gasteiger partial charge in [0.05, 0.1) is 90.6 Å². The molecule has 2 heterocycles. The molecule has 0 aromatic rings. The first-order valence-corrected chi connectivity index (χ1v) is 24.2. The molecule has 0 aliphatic carbocycles. The molecule has 0 aromatic heterocycles. The molecular weight excluding hydrogens is 1010 g/mol. The van der Waals surface area contributed by atoms with E-state index < -0.39 is 121 Å². The van der Waals surface area contributed by atoms with E-state index in [2.05, 4.69) is 26.5 Å². The van der Waals surface area contributed by atoms with Crippen LogP contribution in [0.1, 0.15) is 46.0 Å². The van der Waals surface area contributed by atoms with Crippen LogP contribution < -0.4 is 33.6 Å². The van der Waals surface area contributed by atoms with Gasteiger partial charge in [0.1, 0.15) is 24.9 Å². The third kappa shape index (κ3) is 24.9. The number of rotatable bonds is 38. The molecule has 76 heavy (non-hydrogen) atoms. The minimum absolute atomic E-state index is 0.0159. The molecule has 0 fully saturated rings. The predicted molar refractivity (Wildman–Crippen MR) is 264 cm³/mol. The highest BCUT2D eigenvalue weighted by Gasteiger charge is 2.47. The molecule has 0 unspecified atom stereocenters. The number of aliphatic hydroxyl groups excluding tert-OH is 4. The Balaban J connectivity index is 2.02. The summed E-state index contributed by atoms with van der Waals surface area (Å²) in [6, 6.07) is -3.46. The molecule has 0 radical (unpaired) electrons. The van der Waals surface area contributed by atoms with Crippen molar-refractivity contribution >= 4 is 47.7 Å². The number of aliphatic imine (C=N–C) groups is 2. The number of aliphatic carboxylic acids is 2. The van der Waals surface area contributed by atoms with Crippen molar-refractivity contribution in [2.75, 3.05) is 98.9 Å². The summed E-state index contributed by atoms with van der Waals surface area (Å²) in [7, 11) is 0. The lowest BCUT2D eigenvalue weighted by molar-refractivity contribution is -0.176. The number of hydrogen-bond acceptors (Lipinski definition) is 21. The van der Waals surface area contributed by atoms with E-state index in [0.717, 1.165) is 13.0 Å².